The van der Waals surface area contributed by atoms with Gasteiger partial charge in [-0.1, -0.05) is 5.92 Å². The van der Waals surface area contributed by atoms with Gasteiger partial charge in [-0.3, -0.25) is 15.5 Å². The summed E-state index contributed by atoms with van der Waals surface area (Å²) < 4.78 is 0. The molecule has 0 aromatic rings. The van der Waals surface area contributed by atoms with Gasteiger partial charge >= 0.3 is 0 Å². The molecule has 0 spiro atoms. The molecule has 0 aliphatic heterocycles. The number of nitrogens with two attached hydrogens (primary N) is 3. The zero-order valence-corrected chi connectivity index (χ0v) is 6.72. The van der Waals surface area contributed by atoms with Gasteiger partial charge in [-0.05, 0) is 0 Å². The third-order valence-corrected chi connectivity index (χ3v) is 1.21. The van der Waals surface area contributed by atoms with E-state index in [1.165, 1.54) is 7.05 Å². The molecular weight excluding hydrogens is 156 g/mol. The van der Waals surface area contributed by atoms with Gasteiger partial charge in [0.05, 0.1) is 7.05 Å². The summed E-state index contributed by atoms with van der Waals surface area (Å²) in [5.41, 5.74) is 15.5. The Bertz CT molecular complexity index is 295. The number of amidine groups is 1. The quantitative estimate of drug-likeness (QED) is 0.147. The summed E-state index contributed by atoms with van der Waals surface area (Å²) in [6, 6.07) is 0. The molecule has 0 rings (SSSR count). The molecule has 5 heteroatoms. The van der Waals surface area contributed by atoms with E-state index in [1.54, 1.807) is 0 Å². The van der Waals surface area contributed by atoms with Crippen molar-refractivity contribution in [3.8, 4) is 12.3 Å². The minimum atomic E-state index is -0.753. The molecule has 5 nitrogen and oxygen atoms in total. The minimum Gasteiger partial charge on any atom is -0.391 e. The second-order valence-electron chi connectivity index (χ2n) is 1.96. The number of terminal acetylenes is 1. The summed E-state index contributed by atoms with van der Waals surface area (Å²) in [5.74, 6) is 1.39. The Morgan fingerprint density at radius 2 is 1.92 bits per heavy atom. The molecule has 12 heavy (non-hydrogen) atoms. The highest BCUT2D eigenvalue weighted by atomic mass is 16.1. The first-order valence-electron chi connectivity index (χ1n) is 3.11. The van der Waals surface area contributed by atoms with E-state index < -0.39 is 5.91 Å². The van der Waals surface area contributed by atoms with Crippen LogP contribution in [-0.4, -0.2) is 18.8 Å². The fourth-order valence-electron chi connectivity index (χ4n) is 0.608. The zero-order valence-electron chi connectivity index (χ0n) is 6.72. The average Bonchev–Trinajstić information content (AvgIpc) is 2.03. The first kappa shape index (κ1) is 10.0. The number of carbonyl (C=O) groups excluding carboxylic acids is 1. The fraction of sp³-hybridized carbons (Fsp3) is 0.143. The molecule has 0 saturated carbocycles. The molecule has 0 aromatic heterocycles. The van der Waals surface area contributed by atoms with Crippen molar-refractivity contribution in [1.82, 2.24) is 0 Å². The predicted molar refractivity (Wildman–Crippen MR) is 45.3 cm³/mol. The van der Waals surface area contributed by atoms with Gasteiger partial charge in [0, 0.05) is 0 Å². The number of rotatable bonds is 2. The second kappa shape index (κ2) is 4.03. The monoisotopic (exact) mass is 167 g/mol. The van der Waals surface area contributed by atoms with Crippen LogP contribution in [0.25, 0.3) is 0 Å². The van der Waals surface area contributed by atoms with E-state index in [9.17, 15) is 4.79 Å². The van der Waals surface area contributed by atoms with Crippen LogP contribution in [-0.2, 0) is 4.79 Å². The van der Waals surface area contributed by atoms with Crippen LogP contribution in [0.1, 0.15) is 0 Å². The molecule has 0 bridgehead atoms. The van der Waals surface area contributed by atoms with E-state index in [4.69, 9.17) is 23.6 Å². The van der Waals surface area contributed by atoms with Crippen LogP contribution < -0.4 is 22.2 Å². The van der Waals surface area contributed by atoms with Gasteiger partial charge in [0.25, 0.3) is 11.7 Å². The van der Waals surface area contributed by atoms with Gasteiger partial charge in [0.15, 0.2) is 5.57 Å². The number of hydrogen-bond acceptors (Lipinski definition) is 2. The Labute approximate surface area is 70.3 Å². The van der Waals surface area contributed by atoms with Crippen molar-refractivity contribution in [2.75, 3.05) is 7.05 Å². The summed E-state index contributed by atoms with van der Waals surface area (Å²) in [6.45, 7) is 0. The van der Waals surface area contributed by atoms with Gasteiger partial charge in [-0.2, -0.15) is 0 Å². The average molecular weight is 167 g/mol. The number of allylic oxidation sites excluding steroid dienone is 1. The molecule has 0 atom stereocenters. The first-order chi connectivity index (χ1) is 5.54. The molecule has 0 fully saturated rings. The second-order valence-corrected chi connectivity index (χ2v) is 1.96. The van der Waals surface area contributed by atoms with Crippen LogP contribution in [0.4, 0.5) is 0 Å². The lowest BCUT2D eigenvalue weighted by Gasteiger charge is -1.97. The lowest BCUT2D eigenvalue weighted by molar-refractivity contribution is -0.420. The Hall–Kier alpha value is -1.96. The van der Waals surface area contributed by atoms with Crippen LogP contribution in [0, 0.1) is 12.3 Å². The standard InChI is InChI=1S/C7H10N4O/c1-3-4(8)5(7(10)12)6(9)11-2/h1H,8H2,2H3,(H2,9,11)(H2,10,12)/p+1/b5-4+. The summed E-state index contributed by atoms with van der Waals surface area (Å²) in [5, 5.41) is 0. The largest absolute Gasteiger partial charge is 0.391 e. The fourth-order valence-corrected chi connectivity index (χ4v) is 0.608. The van der Waals surface area contributed by atoms with E-state index >= 15 is 0 Å². The molecule has 64 valence electrons. The summed E-state index contributed by atoms with van der Waals surface area (Å²) in [4.78, 5) is 13.3. The molecule has 7 N–H and O–H groups in total. The Kier molecular flexibility index (Phi) is 3.37. The maximum atomic E-state index is 10.7. The van der Waals surface area contributed by atoms with Crippen molar-refractivity contribution in [2.24, 2.45) is 17.2 Å². The van der Waals surface area contributed by atoms with Crippen molar-refractivity contribution in [3.05, 3.63) is 11.3 Å². The third-order valence-electron chi connectivity index (χ3n) is 1.21. The summed E-state index contributed by atoms with van der Waals surface area (Å²) >= 11 is 0. The molecule has 1 amide bonds. The van der Waals surface area contributed by atoms with E-state index in [0.29, 0.717) is 0 Å². The van der Waals surface area contributed by atoms with Crippen molar-refractivity contribution >= 4 is 11.7 Å². The van der Waals surface area contributed by atoms with Gasteiger partial charge in [-0.25, -0.2) is 0 Å². The van der Waals surface area contributed by atoms with Crippen LogP contribution in [0.5, 0.6) is 0 Å². The third kappa shape index (κ3) is 2.02. The molecule has 0 unspecified atom stereocenters. The Morgan fingerprint density at radius 3 is 2.17 bits per heavy atom. The van der Waals surface area contributed by atoms with Crippen LogP contribution >= 0.6 is 0 Å². The highest BCUT2D eigenvalue weighted by molar-refractivity contribution is 6.18. The normalized spacial score (nSPS) is 13.2. The Morgan fingerprint density at radius 1 is 1.42 bits per heavy atom. The van der Waals surface area contributed by atoms with E-state index in [2.05, 4.69) is 10.9 Å². The number of hydrogen-bond donors (Lipinski definition) is 4. The predicted octanol–water partition coefficient (Wildman–Crippen LogP) is -3.61. The van der Waals surface area contributed by atoms with Gasteiger partial charge in [0.2, 0.25) is 0 Å². The number of carbonyl (C=O) groups is 1. The smallest absolute Gasteiger partial charge is 0.281 e. The Balaban J connectivity index is 5.24. The molecule has 0 radical (unpaired) electrons. The van der Waals surface area contributed by atoms with Crippen molar-refractivity contribution < 1.29 is 9.79 Å². The highest BCUT2D eigenvalue weighted by Gasteiger charge is 2.17. The number of amides is 1. The van der Waals surface area contributed by atoms with Gasteiger partial charge in [0.1, 0.15) is 5.70 Å². The van der Waals surface area contributed by atoms with E-state index in [-0.39, 0.29) is 17.1 Å². The molecule has 0 saturated heterocycles. The summed E-state index contributed by atoms with van der Waals surface area (Å²) in [7, 11) is 1.53. The molecule has 0 aromatic carbocycles. The van der Waals surface area contributed by atoms with Gasteiger partial charge < -0.3 is 11.5 Å². The molecule has 0 aliphatic carbocycles. The molecule has 0 aliphatic rings. The van der Waals surface area contributed by atoms with Crippen molar-refractivity contribution in [2.45, 2.75) is 0 Å². The molecule has 0 heterocycles. The maximum absolute atomic E-state index is 10.7. The first-order valence-corrected chi connectivity index (χ1v) is 3.11. The van der Waals surface area contributed by atoms with Crippen LogP contribution in [0.15, 0.2) is 11.3 Å². The lowest BCUT2D eigenvalue weighted by atomic mass is 10.2. The van der Waals surface area contributed by atoms with E-state index in [1.807, 2.05) is 0 Å². The summed E-state index contributed by atoms with van der Waals surface area (Å²) in [6.07, 6.45) is 4.97. The number of nitrogens with one attached hydrogen (secondary N) is 1. The number of primary amides is 1. The SMILES string of the molecule is C#C/C(N)=C(\C(N)=O)C(N)=[NH+]C. The lowest BCUT2D eigenvalue weighted by Crippen LogP contribution is -2.72. The van der Waals surface area contributed by atoms with E-state index in [0.717, 1.165) is 0 Å². The maximum Gasteiger partial charge on any atom is 0.281 e. The zero-order chi connectivity index (χ0) is 9.72. The topological polar surface area (TPSA) is 109 Å². The van der Waals surface area contributed by atoms with Crippen LogP contribution in [0.2, 0.25) is 0 Å². The highest BCUT2D eigenvalue weighted by Crippen LogP contribution is 1.93. The van der Waals surface area contributed by atoms with Crippen LogP contribution in [0.3, 0.4) is 0 Å². The minimum absolute atomic E-state index is 0.0556. The van der Waals surface area contributed by atoms with Crippen molar-refractivity contribution in [1.29, 1.82) is 0 Å². The van der Waals surface area contributed by atoms with Gasteiger partial charge in [-0.15, -0.1) is 6.42 Å². The molecular formula is C7H11N4O+. The van der Waals surface area contributed by atoms with Crippen molar-refractivity contribution in [3.63, 3.8) is 0 Å².